The number of aromatic nitrogens is 2. The third-order valence-electron chi connectivity index (χ3n) is 2.83. The van der Waals surface area contributed by atoms with Gasteiger partial charge in [-0.1, -0.05) is 18.2 Å². The second-order valence-electron chi connectivity index (χ2n) is 5.05. The lowest BCUT2D eigenvalue weighted by atomic mass is 10.1. The lowest BCUT2D eigenvalue weighted by molar-refractivity contribution is 0.0915. The minimum Gasteiger partial charge on any atom is -0.346 e. The van der Waals surface area contributed by atoms with Crippen LogP contribution in [0.3, 0.4) is 0 Å². The summed E-state index contributed by atoms with van der Waals surface area (Å²) in [5, 5.41) is 7.06. The quantitative estimate of drug-likeness (QED) is 0.902. The van der Waals surface area contributed by atoms with Gasteiger partial charge in [-0.15, -0.1) is 12.4 Å². The number of halogens is 1. The maximum atomic E-state index is 12.0. The van der Waals surface area contributed by atoms with E-state index in [1.807, 2.05) is 44.2 Å². The highest BCUT2D eigenvalue weighted by atomic mass is 35.5. The SMILES string of the molecule is CC(C)(CN)NC(=O)c1cnn(-c2ccccc2)c1.Cl. The smallest absolute Gasteiger partial charge is 0.254 e. The molecule has 0 atom stereocenters. The van der Waals surface area contributed by atoms with Crippen molar-refractivity contribution < 1.29 is 4.79 Å². The van der Waals surface area contributed by atoms with Crippen molar-refractivity contribution in [3.8, 4) is 5.69 Å². The molecule has 0 aliphatic rings. The Morgan fingerprint density at radius 2 is 2.00 bits per heavy atom. The number of carbonyl (C=O) groups excluding carboxylic acids is 1. The second-order valence-corrected chi connectivity index (χ2v) is 5.05. The summed E-state index contributed by atoms with van der Waals surface area (Å²) in [5.41, 5.74) is 6.60. The van der Waals surface area contributed by atoms with Gasteiger partial charge in [0, 0.05) is 18.3 Å². The van der Waals surface area contributed by atoms with Crippen LogP contribution in [0.1, 0.15) is 24.2 Å². The number of amides is 1. The minimum absolute atomic E-state index is 0. The first-order chi connectivity index (χ1) is 9.02. The summed E-state index contributed by atoms with van der Waals surface area (Å²) >= 11 is 0. The summed E-state index contributed by atoms with van der Waals surface area (Å²) in [4.78, 5) is 12.0. The van der Waals surface area contributed by atoms with Crippen LogP contribution in [0.15, 0.2) is 42.7 Å². The van der Waals surface area contributed by atoms with Crippen molar-refractivity contribution in [1.82, 2.24) is 15.1 Å². The van der Waals surface area contributed by atoms with E-state index in [0.717, 1.165) is 5.69 Å². The Hall–Kier alpha value is -1.85. The fourth-order valence-electron chi connectivity index (χ4n) is 1.59. The number of nitrogens with two attached hydrogens (primary N) is 1. The largest absolute Gasteiger partial charge is 0.346 e. The summed E-state index contributed by atoms with van der Waals surface area (Å²) in [6, 6.07) is 9.64. The van der Waals surface area contributed by atoms with Crippen molar-refractivity contribution in [2.75, 3.05) is 6.54 Å². The zero-order chi connectivity index (χ0) is 13.9. The number of nitrogens with one attached hydrogen (secondary N) is 1. The van der Waals surface area contributed by atoms with E-state index < -0.39 is 5.54 Å². The summed E-state index contributed by atoms with van der Waals surface area (Å²) in [5.74, 6) is -0.169. The molecule has 0 radical (unpaired) electrons. The van der Waals surface area contributed by atoms with Gasteiger partial charge in [-0.25, -0.2) is 4.68 Å². The Labute approximate surface area is 124 Å². The third-order valence-corrected chi connectivity index (χ3v) is 2.83. The van der Waals surface area contributed by atoms with Crippen LogP contribution in [0.5, 0.6) is 0 Å². The molecule has 0 saturated heterocycles. The van der Waals surface area contributed by atoms with Crippen molar-refractivity contribution in [2.24, 2.45) is 5.73 Å². The van der Waals surface area contributed by atoms with Gasteiger partial charge in [-0.3, -0.25) is 4.79 Å². The number of hydrogen-bond donors (Lipinski definition) is 2. The number of carbonyl (C=O) groups is 1. The molecule has 0 spiro atoms. The first-order valence-electron chi connectivity index (χ1n) is 6.14. The lowest BCUT2D eigenvalue weighted by Crippen LogP contribution is -2.48. The maximum absolute atomic E-state index is 12.0. The highest BCUT2D eigenvalue weighted by Crippen LogP contribution is 2.09. The molecule has 108 valence electrons. The van der Waals surface area contributed by atoms with Gasteiger partial charge < -0.3 is 11.1 Å². The number of para-hydroxylation sites is 1. The topological polar surface area (TPSA) is 72.9 Å². The summed E-state index contributed by atoms with van der Waals surface area (Å²) in [6.07, 6.45) is 3.26. The Bertz CT molecular complexity index is 566. The highest BCUT2D eigenvalue weighted by molar-refractivity contribution is 5.94. The van der Waals surface area contributed by atoms with E-state index in [0.29, 0.717) is 12.1 Å². The van der Waals surface area contributed by atoms with Crippen LogP contribution >= 0.6 is 12.4 Å². The van der Waals surface area contributed by atoms with Gasteiger partial charge in [0.15, 0.2) is 0 Å². The van der Waals surface area contributed by atoms with E-state index in [2.05, 4.69) is 10.4 Å². The fourth-order valence-corrected chi connectivity index (χ4v) is 1.59. The van der Waals surface area contributed by atoms with E-state index in [1.165, 1.54) is 0 Å². The molecule has 3 N–H and O–H groups in total. The predicted molar refractivity (Wildman–Crippen MR) is 81.4 cm³/mol. The average Bonchev–Trinajstić information content (AvgIpc) is 2.89. The molecule has 1 heterocycles. The molecule has 1 amide bonds. The molecule has 5 nitrogen and oxygen atoms in total. The third kappa shape index (κ3) is 3.82. The Kier molecular flexibility index (Phi) is 5.30. The first-order valence-corrected chi connectivity index (χ1v) is 6.14. The standard InChI is InChI=1S/C14H18N4O.ClH/c1-14(2,10-15)17-13(19)11-8-16-18(9-11)12-6-4-3-5-7-12;/h3-9H,10,15H2,1-2H3,(H,17,19);1H. The zero-order valence-corrected chi connectivity index (χ0v) is 12.4. The molecule has 0 aliphatic carbocycles. The molecule has 2 aromatic rings. The Morgan fingerprint density at radius 1 is 1.35 bits per heavy atom. The van der Waals surface area contributed by atoms with Crippen molar-refractivity contribution in [3.63, 3.8) is 0 Å². The summed E-state index contributed by atoms with van der Waals surface area (Å²) in [7, 11) is 0. The van der Waals surface area contributed by atoms with Crippen LogP contribution < -0.4 is 11.1 Å². The van der Waals surface area contributed by atoms with E-state index >= 15 is 0 Å². The van der Waals surface area contributed by atoms with E-state index in [1.54, 1.807) is 17.1 Å². The number of benzene rings is 1. The fraction of sp³-hybridized carbons (Fsp3) is 0.286. The summed E-state index contributed by atoms with van der Waals surface area (Å²) in [6.45, 7) is 4.14. The molecule has 0 aliphatic heterocycles. The number of rotatable bonds is 4. The van der Waals surface area contributed by atoms with Crippen LogP contribution in [0.25, 0.3) is 5.69 Å². The monoisotopic (exact) mass is 294 g/mol. The Morgan fingerprint density at radius 3 is 2.60 bits per heavy atom. The zero-order valence-electron chi connectivity index (χ0n) is 11.5. The van der Waals surface area contributed by atoms with Gasteiger partial charge in [0.2, 0.25) is 0 Å². The normalized spacial score (nSPS) is 10.8. The van der Waals surface area contributed by atoms with Gasteiger partial charge in [-0.2, -0.15) is 5.10 Å². The molecule has 0 fully saturated rings. The van der Waals surface area contributed by atoms with Crippen LogP contribution in [0.4, 0.5) is 0 Å². The Balaban J connectivity index is 0.00000200. The average molecular weight is 295 g/mol. The molecule has 0 unspecified atom stereocenters. The van der Waals surface area contributed by atoms with Crippen LogP contribution in [0.2, 0.25) is 0 Å². The molecule has 1 aromatic heterocycles. The summed E-state index contributed by atoms with van der Waals surface area (Å²) < 4.78 is 1.67. The second kappa shape index (κ2) is 6.54. The van der Waals surface area contributed by atoms with E-state index in [-0.39, 0.29) is 18.3 Å². The molecular weight excluding hydrogens is 276 g/mol. The van der Waals surface area contributed by atoms with Crippen molar-refractivity contribution >= 4 is 18.3 Å². The van der Waals surface area contributed by atoms with Crippen LogP contribution in [-0.4, -0.2) is 27.8 Å². The molecule has 0 bridgehead atoms. The van der Waals surface area contributed by atoms with Gasteiger partial charge in [0.1, 0.15) is 0 Å². The van der Waals surface area contributed by atoms with Crippen molar-refractivity contribution in [2.45, 2.75) is 19.4 Å². The molecule has 0 saturated carbocycles. The van der Waals surface area contributed by atoms with Gasteiger partial charge in [0.25, 0.3) is 5.91 Å². The molecule has 6 heteroatoms. The number of hydrogen-bond acceptors (Lipinski definition) is 3. The predicted octanol–water partition coefficient (Wildman–Crippen LogP) is 1.76. The first kappa shape index (κ1) is 16.2. The van der Waals surface area contributed by atoms with Crippen LogP contribution in [-0.2, 0) is 0 Å². The number of nitrogens with zero attached hydrogens (tertiary/aromatic N) is 2. The highest BCUT2D eigenvalue weighted by Gasteiger charge is 2.20. The minimum atomic E-state index is -0.425. The molecule has 2 rings (SSSR count). The van der Waals surface area contributed by atoms with Gasteiger partial charge in [-0.05, 0) is 26.0 Å². The molecular formula is C14H19ClN4O. The van der Waals surface area contributed by atoms with Gasteiger partial charge in [0.05, 0.1) is 17.4 Å². The van der Waals surface area contributed by atoms with Crippen molar-refractivity contribution in [3.05, 3.63) is 48.3 Å². The van der Waals surface area contributed by atoms with Crippen molar-refractivity contribution in [1.29, 1.82) is 0 Å². The van der Waals surface area contributed by atoms with E-state index in [4.69, 9.17) is 5.73 Å². The van der Waals surface area contributed by atoms with Crippen LogP contribution in [0, 0.1) is 0 Å². The maximum Gasteiger partial charge on any atom is 0.254 e. The van der Waals surface area contributed by atoms with Gasteiger partial charge >= 0.3 is 0 Å². The molecule has 1 aromatic carbocycles. The van der Waals surface area contributed by atoms with E-state index in [9.17, 15) is 4.79 Å². The molecule has 20 heavy (non-hydrogen) atoms. The lowest BCUT2D eigenvalue weighted by Gasteiger charge is -2.23.